The summed E-state index contributed by atoms with van der Waals surface area (Å²) in [5.74, 6) is 0.174. The van der Waals surface area contributed by atoms with E-state index in [-0.39, 0.29) is 11.8 Å². The van der Waals surface area contributed by atoms with Crippen molar-refractivity contribution < 1.29 is 9.18 Å². The van der Waals surface area contributed by atoms with E-state index >= 15 is 4.39 Å². The maximum Gasteiger partial charge on any atom is 0.224 e. The van der Waals surface area contributed by atoms with Gasteiger partial charge in [-0.3, -0.25) is 19.9 Å². The van der Waals surface area contributed by atoms with Gasteiger partial charge in [-0.25, -0.2) is 14.4 Å². The van der Waals surface area contributed by atoms with Crippen LogP contribution in [0.1, 0.15) is 20.3 Å². The van der Waals surface area contributed by atoms with Gasteiger partial charge in [0.2, 0.25) is 5.91 Å². The number of rotatable bonds is 6. The molecule has 0 aliphatic carbocycles. The van der Waals surface area contributed by atoms with Crippen LogP contribution in [-0.2, 0) is 4.79 Å². The van der Waals surface area contributed by atoms with E-state index in [0.29, 0.717) is 51.3 Å². The molecule has 6 aromatic rings. The van der Waals surface area contributed by atoms with Crippen molar-refractivity contribution >= 4 is 33.7 Å². The molecule has 0 saturated heterocycles. The monoisotopic (exact) mass is 506 g/mol. The SMILES string of the molecule is CC(C)CC(=O)Nc1cncc(-c2cc3c(-c4nc5nccc(-c6ccncc6)c5[nH]4)n[nH]c3cc2F)c1. The van der Waals surface area contributed by atoms with E-state index in [1.807, 2.05) is 32.0 Å². The van der Waals surface area contributed by atoms with E-state index in [9.17, 15) is 4.79 Å². The number of amides is 1. The van der Waals surface area contributed by atoms with Gasteiger partial charge in [0, 0.05) is 59.4 Å². The number of imidazole rings is 1. The van der Waals surface area contributed by atoms with Gasteiger partial charge in [0.25, 0.3) is 0 Å². The van der Waals surface area contributed by atoms with Crippen LogP contribution >= 0.6 is 0 Å². The Kier molecular flexibility index (Phi) is 5.83. The molecular formula is C28H23FN8O. The molecule has 0 saturated carbocycles. The van der Waals surface area contributed by atoms with Crippen molar-refractivity contribution in [2.24, 2.45) is 5.92 Å². The molecule has 0 fully saturated rings. The van der Waals surface area contributed by atoms with E-state index in [1.165, 1.54) is 6.07 Å². The molecule has 10 heteroatoms. The van der Waals surface area contributed by atoms with Gasteiger partial charge < -0.3 is 10.3 Å². The molecule has 1 amide bonds. The van der Waals surface area contributed by atoms with E-state index in [2.05, 4.69) is 40.4 Å². The largest absolute Gasteiger partial charge is 0.335 e. The Labute approximate surface area is 216 Å². The van der Waals surface area contributed by atoms with Crippen LogP contribution in [0.4, 0.5) is 10.1 Å². The molecule has 5 heterocycles. The number of halogens is 1. The summed E-state index contributed by atoms with van der Waals surface area (Å²) in [6, 6.07) is 10.6. The van der Waals surface area contributed by atoms with Crippen LogP contribution in [-0.4, -0.2) is 41.0 Å². The van der Waals surface area contributed by atoms with Gasteiger partial charge in [0.1, 0.15) is 11.5 Å². The second-order valence-corrected chi connectivity index (χ2v) is 9.44. The highest BCUT2D eigenvalue weighted by molar-refractivity contribution is 5.98. The highest BCUT2D eigenvalue weighted by atomic mass is 19.1. The van der Waals surface area contributed by atoms with Crippen molar-refractivity contribution in [3.63, 3.8) is 0 Å². The average Bonchev–Trinajstić information content (AvgIpc) is 3.52. The minimum Gasteiger partial charge on any atom is -0.335 e. The molecule has 6 rings (SSSR count). The number of H-pyrrole nitrogens is 2. The predicted octanol–water partition coefficient (Wildman–Crippen LogP) is 5.75. The summed E-state index contributed by atoms with van der Waals surface area (Å²) in [6.07, 6.45) is 8.67. The Morgan fingerprint density at radius 3 is 2.66 bits per heavy atom. The normalized spacial score (nSPS) is 11.5. The van der Waals surface area contributed by atoms with Gasteiger partial charge in [-0.1, -0.05) is 13.8 Å². The lowest BCUT2D eigenvalue weighted by molar-refractivity contribution is -0.116. The lowest BCUT2D eigenvalue weighted by Crippen LogP contribution is -2.14. The van der Waals surface area contributed by atoms with Gasteiger partial charge >= 0.3 is 0 Å². The number of pyridine rings is 3. The van der Waals surface area contributed by atoms with E-state index in [4.69, 9.17) is 0 Å². The zero-order valence-corrected chi connectivity index (χ0v) is 20.7. The highest BCUT2D eigenvalue weighted by Gasteiger charge is 2.18. The number of carbonyl (C=O) groups is 1. The van der Waals surface area contributed by atoms with Gasteiger partial charge in [-0.05, 0) is 41.8 Å². The zero-order valence-electron chi connectivity index (χ0n) is 20.7. The van der Waals surface area contributed by atoms with Gasteiger partial charge in [-0.15, -0.1) is 0 Å². The number of carbonyl (C=O) groups excluding carboxylic acids is 1. The molecule has 188 valence electrons. The van der Waals surface area contributed by atoms with Crippen LogP contribution in [0.5, 0.6) is 0 Å². The molecule has 0 spiro atoms. The lowest BCUT2D eigenvalue weighted by atomic mass is 10.0. The molecule has 5 aromatic heterocycles. The summed E-state index contributed by atoms with van der Waals surface area (Å²) < 4.78 is 15.2. The van der Waals surface area contributed by atoms with Crippen molar-refractivity contribution in [1.82, 2.24) is 35.1 Å². The summed E-state index contributed by atoms with van der Waals surface area (Å²) in [5.41, 5.74) is 5.66. The number of fused-ring (bicyclic) bond motifs is 2. The van der Waals surface area contributed by atoms with Crippen molar-refractivity contribution in [2.45, 2.75) is 20.3 Å². The predicted molar refractivity (Wildman–Crippen MR) is 143 cm³/mol. The Morgan fingerprint density at radius 2 is 1.84 bits per heavy atom. The number of aromatic amines is 2. The number of benzene rings is 1. The minimum atomic E-state index is -0.439. The van der Waals surface area contributed by atoms with Crippen molar-refractivity contribution in [3.05, 3.63) is 73.2 Å². The first-order chi connectivity index (χ1) is 18.5. The van der Waals surface area contributed by atoms with Crippen LogP contribution in [0.25, 0.3) is 55.8 Å². The number of hydrogen-bond acceptors (Lipinski definition) is 6. The lowest BCUT2D eigenvalue weighted by Gasteiger charge is -2.09. The smallest absolute Gasteiger partial charge is 0.224 e. The summed E-state index contributed by atoms with van der Waals surface area (Å²) >= 11 is 0. The highest BCUT2D eigenvalue weighted by Crippen LogP contribution is 2.34. The summed E-state index contributed by atoms with van der Waals surface area (Å²) in [7, 11) is 0. The first kappa shape index (κ1) is 23.4. The quantitative estimate of drug-likeness (QED) is 0.264. The molecule has 38 heavy (non-hydrogen) atoms. The standard InChI is InChI=1S/C28H23FN8O/c1-15(2)9-24(38)33-18-10-17(13-31-14-18)20-11-21-23(12-22(20)29)36-37-26(21)28-34-25-19(5-8-32-27(25)35-28)16-3-6-30-7-4-16/h3-8,10-15H,9H2,1-2H3,(H,33,38)(H,36,37)(H,32,34,35). The topological polar surface area (TPSA) is 125 Å². The number of hydrogen-bond donors (Lipinski definition) is 3. The van der Waals surface area contributed by atoms with Crippen LogP contribution < -0.4 is 5.32 Å². The van der Waals surface area contributed by atoms with E-state index < -0.39 is 5.82 Å². The number of aromatic nitrogens is 7. The van der Waals surface area contributed by atoms with E-state index in [1.54, 1.807) is 43.1 Å². The minimum absolute atomic E-state index is 0.114. The molecule has 0 aliphatic heterocycles. The fourth-order valence-corrected chi connectivity index (χ4v) is 4.47. The van der Waals surface area contributed by atoms with Crippen molar-refractivity contribution in [2.75, 3.05) is 5.32 Å². The first-order valence-electron chi connectivity index (χ1n) is 12.1. The molecule has 1 aromatic carbocycles. The number of anilines is 1. The molecule has 0 radical (unpaired) electrons. The average molecular weight is 507 g/mol. The first-order valence-corrected chi connectivity index (χ1v) is 12.1. The fourth-order valence-electron chi connectivity index (χ4n) is 4.47. The van der Waals surface area contributed by atoms with Crippen molar-refractivity contribution in [3.8, 4) is 33.8 Å². The third kappa shape index (κ3) is 4.36. The molecule has 3 N–H and O–H groups in total. The van der Waals surface area contributed by atoms with Crippen molar-refractivity contribution in [1.29, 1.82) is 0 Å². The fraction of sp³-hybridized carbons (Fsp3) is 0.143. The summed E-state index contributed by atoms with van der Waals surface area (Å²) in [4.78, 5) is 33.0. The molecular weight excluding hydrogens is 483 g/mol. The number of nitrogens with zero attached hydrogens (tertiary/aromatic N) is 5. The Hall–Kier alpha value is -4.99. The summed E-state index contributed by atoms with van der Waals surface area (Å²) in [5, 5.41) is 10.8. The maximum atomic E-state index is 15.2. The molecule has 0 aliphatic rings. The van der Waals surface area contributed by atoms with Gasteiger partial charge in [0.15, 0.2) is 11.5 Å². The van der Waals surface area contributed by atoms with Crippen LogP contribution in [0.2, 0.25) is 0 Å². The second-order valence-electron chi connectivity index (χ2n) is 9.44. The second kappa shape index (κ2) is 9.47. The van der Waals surface area contributed by atoms with Gasteiger partial charge in [-0.2, -0.15) is 5.10 Å². The maximum absolute atomic E-state index is 15.2. The molecule has 9 nitrogen and oxygen atoms in total. The third-order valence-corrected chi connectivity index (χ3v) is 6.18. The van der Waals surface area contributed by atoms with Crippen LogP contribution in [0, 0.1) is 11.7 Å². The van der Waals surface area contributed by atoms with E-state index in [0.717, 1.165) is 16.6 Å². The third-order valence-electron chi connectivity index (χ3n) is 6.18. The molecule has 0 bridgehead atoms. The Bertz CT molecular complexity index is 1790. The van der Waals surface area contributed by atoms with Crippen LogP contribution in [0.3, 0.4) is 0 Å². The zero-order chi connectivity index (χ0) is 26.2. The summed E-state index contributed by atoms with van der Waals surface area (Å²) in [6.45, 7) is 3.94. The Morgan fingerprint density at radius 1 is 1.00 bits per heavy atom. The number of nitrogens with one attached hydrogen (secondary N) is 3. The molecule has 0 unspecified atom stereocenters. The Balaban J connectivity index is 1.41. The van der Waals surface area contributed by atoms with Gasteiger partial charge in [0.05, 0.1) is 22.9 Å². The molecule has 0 atom stereocenters. The van der Waals surface area contributed by atoms with Crippen LogP contribution in [0.15, 0.2) is 67.4 Å².